The van der Waals surface area contributed by atoms with Crippen LogP contribution in [0.15, 0.2) is 30.0 Å². The Balaban J connectivity index is 1.70. The van der Waals surface area contributed by atoms with Crippen molar-refractivity contribution in [1.29, 1.82) is 0 Å². The van der Waals surface area contributed by atoms with Gasteiger partial charge in [-0.15, -0.1) is 0 Å². The average Bonchev–Trinajstić information content (AvgIpc) is 2.99. The number of carbonyl (C=O) groups is 3. The van der Waals surface area contributed by atoms with E-state index in [1.807, 2.05) is 12.1 Å². The van der Waals surface area contributed by atoms with E-state index in [0.717, 1.165) is 57.2 Å². The van der Waals surface area contributed by atoms with E-state index < -0.39 is 0 Å². The number of anilines is 1. The zero-order chi connectivity index (χ0) is 20.4. The third kappa shape index (κ3) is 3.93. The zero-order valence-electron chi connectivity index (χ0n) is 17.1. The van der Waals surface area contributed by atoms with Crippen LogP contribution in [0.1, 0.15) is 63.9 Å². The van der Waals surface area contributed by atoms with Gasteiger partial charge in [0.05, 0.1) is 5.57 Å². The predicted molar refractivity (Wildman–Crippen MR) is 112 cm³/mol. The Morgan fingerprint density at radius 2 is 1.52 bits per heavy atom. The summed E-state index contributed by atoms with van der Waals surface area (Å²) < 4.78 is 0. The minimum absolute atomic E-state index is 0.0136. The first kappa shape index (κ1) is 19.7. The molecule has 1 saturated heterocycles. The largest absolute Gasteiger partial charge is 0.366 e. The van der Waals surface area contributed by atoms with E-state index >= 15 is 0 Å². The average molecular weight is 396 g/mol. The number of nitrogens with zero attached hydrogens (tertiary/aromatic N) is 2. The molecule has 0 bridgehead atoms. The van der Waals surface area contributed by atoms with Crippen molar-refractivity contribution < 1.29 is 14.4 Å². The van der Waals surface area contributed by atoms with Crippen LogP contribution in [0.25, 0.3) is 5.57 Å². The number of hydrogen-bond acceptors (Lipinski definition) is 4. The lowest BCUT2D eigenvalue weighted by atomic mass is 9.94. The van der Waals surface area contributed by atoms with E-state index in [2.05, 4.69) is 10.2 Å². The maximum atomic E-state index is 13.5. The Morgan fingerprint density at radius 1 is 0.897 bits per heavy atom. The van der Waals surface area contributed by atoms with Crippen LogP contribution >= 0.6 is 0 Å². The van der Waals surface area contributed by atoms with Crippen molar-refractivity contribution in [3.8, 4) is 0 Å². The molecule has 6 nitrogen and oxygen atoms in total. The molecule has 1 aromatic carbocycles. The molecule has 3 amide bonds. The Bertz CT molecular complexity index is 831. The second-order valence-electron chi connectivity index (χ2n) is 8.30. The number of amides is 3. The Labute approximate surface area is 171 Å². The molecule has 0 atom stereocenters. The predicted octanol–water partition coefficient (Wildman–Crippen LogP) is 3.54. The van der Waals surface area contributed by atoms with Crippen LogP contribution in [0.4, 0.5) is 5.69 Å². The van der Waals surface area contributed by atoms with Gasteiger partial charge in [-0.3, -0.25) is 19.3 Å². The van der Waals surface area contributed by atoms with Crippen LogP contribution in [0, 0.1) is 0 Å². The van der Waals surface area contributed by atoms with Gasteiger partial charge in [0, 0.05) is 31.7 Å². The van der Waals surface area contributed by atoms with Gasteiger partial charge in [-0.25, -0.2) is 0 Å². The molecule has 0 spiro atoms. The Morgan fingerprint density at radius 3 is 2.14 bits per heavy atom. The van der Waals surface area contributed by atoms with Gasteiger partial charge in [-0.05, 0) is 49.8 Å². The van der Waals surface area contributed by atoms with Gasteiger partial charge >= 0.3 is 0 Å². The van der Waals surface area contributed by atoms with E-state index in [0.29, 0.717) is 17.0 Å². The second-order valence-corrected chi connectivity index (χ2v) is 8.30. The van der Waals surface area contributed by atoms with Crippen LogP contribution in [0.2, 0.25) is 0 Å². The molecule has 1 aliphatic carbocycles. The zero-order valence-corrected chi connectivity index (χ0v) is 17.1. The number of rotatable bonds is 4. The first-order chi connectivity index (χ1) is 14.1. The van der Waals surface area contributed by atoms with E-state index in [1.54, 1.807) is 17.0 Å². The van der Waals surface area contributed by atoms with Crippen molar-refractivity contribution in [2.75, 3.05) is 18.4 Å². The van der Waals surface area contributed by atoms with Crippen molar-refractivity contribution >= 4 is 29.0 Å². The van der Waals surface area contributed by atoms with Crippen molar-refractivity contribution in [2.45, 2.75) is 64.3 Å². The third-order valence-corrected chi connectivity index (χ3v) is 6.20. The normalized spacial score (nSPS) is 21.1. The molecule has 2 aliphatic heterocycles. The highest BCUT2D eigenvalue weighted by Crippen LogP contribution is 2.37. The van der Waals surface area contributed by atoms with Gasteiger partial charge in [0.1, 0.15) is 5.70 Å². The summed E-state index contributed by atoms with van der Waals surface area (Å²) in [5.74, 6) is -0.416. The molecule has 3 aliphatic rings. The second kappa shape index (κ2) is 8.39. The summed E-state index contributed by atoms with van der Waals surface area (Å²) in [6, 6.07) is 7.26. The summed E-state index contributed by atoms with van der Waals surface area (Å²) in [5.41, 5.74) is 2.53. The summed E-state index contributed by atoms with van der Waals surface area (Å²) >= 11 is 0. The maximum absolute atomic E-state index is 13.5. The number of benzene rings is 1. The molecule has 2 heterocycles. The molecule has 1 N–H and O–H groups in total. The molecule has 0 radical (unpaired) electrons. The molecule has 154 valence electrons. The maximum Gasteiger partial charge on any atom is 0.278 e. The topological polar surface area (TPSA) is 69.7 Å². The minimum Gasteiger partial charge on any atom is -0.366 e. The van der Waals surface area contributed by atoms with E-state index in [1.165, 1.54) is 19.8 Å². The molecule has 1 aromatic rings. The van der Waals surface area contributed by atoms with E-state index in [4.69, 9.17) is 0 Å². The van der Waals surface area contributed by atoms with Crippen molar-refractivity contribution in [1.82, 2.24) is 9.80 Å². The van der Waals surface area contributed by atoms with Gasteiger partial charge < -0.3 is 10.2 Å². The van der Waals surface area contributed by atoms with Gasteiger partial charge in [0.15, 0.2) is 0 Å². The molecule has 4 rings (SSSR count). The van der Waals surface area contributed by atoms with Gasteiger partial charge in [0.25, 0.3) is 11.8 Å². The highest BCUT2D eigenvalue weighted by molar-refractivity contribution is 6.35. The fourth-order valence-corrected chi connectivity index (χ4v) is 4.80. The molecule has 2 fully saturated rings. The van der Waals surface area contributed by atoms with Crippen molar-refractivity contribution in [2.24, 2.45) is 0 Å². The molecule has 0 unspecified atom stereocenters. The van der Waals surface area contributed by atoms with E-state index in [-0.39, 0.29) is 23.8 Å². The SMILES string of the molecule is CC(=O)Nc1ccc(C2=C(N3CCCCC3)C(=O)N(C3CCCCC3)C2=O)cc1. The van der Waals surface area contributed by atoms with Gasteiger partial charge in [-0.1, -0.05) is 31.4 Å². The quantitative estimate of drug-likeness (QED) is 0.792. The summed E-state index contributed by atoms with van der Waals surface area (Å²) in [6.45, 7) is 3.10. The van der Waals surface area contributed by atoms with Crippen LogP contribution in [-0.2, 0) is 14.4 Å². The molecule has 29 heavy (non-hydrogen) atoms. The van der Waals surface area contributed by atoms with Gasteiger partial charge in [-0.2, -0.15) is 0 Å². The molecular weight excluding hydrogens is 366 g/mol. The van der Waals surface area contributed by atoms with Crippen molar-refractivity contribution in [3.63, 3.8) is 0 Å². The molecule has 0 aromatic heterocycles. The van der Waals surface area contributed by atoms with Crippen LogP contribution in [-0.4, -0.2) is 46.7 Å². The molecule has 1 saturated carbocycles. The first-order valence-electron chi connectivity index (χ1n) is 10.8. The fraction of sp³-hybridized carbons (Fsp3) is 0.522. The van der Waals surface area contributed by atoms with Crippen molar-refractivity contribution in [3.05, 3.63) is 35.5 Å². The highest BCUT2D eigenvalue weighted by atomic mass is 16.2. The minimum atomic E-state index is -0.158. The van der Waals surface area contributed by atoms with E-state index in [9.17, 15) is 14.4 Å². The number of hydrogen-bond donors (Lipinski definition) is 1. The lowest BCUT2D eigenvalue weighted by Gasteiger charge is -2.32. The number of likely N-dealkylation sites (tertiary alicyclic amines) is 1. The number of nitrogens with one attached hydrogen (secondary N) is 1. The summed E-state index contributed by atoms with van der Waals surface area (Å²) in [5, 5.41) is 2.75. The Hall–Kier alpha value is -2.63. The first-order valence-corrected chi connectivity index (χ1v) is 10.8. The third-order valence-electron chi connectivity index (χ3n) is 6.20. The molecular formula is C23H29N3O3. The number of piperidine rings is 1. The highest BCUT2D eigenvalue weighted by Gasteiger charge is 2.44. The smallest absolute Gasteiger partial charge is 0.278 e. The summed E-state index contributed by atoms with van der Waals surface area (Å²) in [6.07, 6.45) is 8.38. The lowest BCUT2D eigenvalue weighted by Crippen LogP contribution is -2.44. The standard InChI is InChI=1S/C23H29N3O3/c1-16(27)24-18-12-10-17(11-13-18)20-21(25-14-6-3-7-15-25)23(29)26(22(20)28)19-8-4-2-5-9-19/h10-13,19H,2-9,14-15H2,1H3,(H,24,27). The fourth-order valence-electron chi connectivity index (χ4n) is 4.80. The Kier molecular flexibility index (Phi) is 5.69. The summed E-state index contributed by atoms with van der Waals surface area (Å²) in [4.78, 5) is 41.9. The number of carbonyl (C=O) groups excluding carboxylic acids is 3. The summed E-state index contributed by atoms with van der Waals surface area (Å²) in [7, 11) is 0. The van der Waals surface area contributed by atoms with Crippen LogP contribution in [0.5, 0.6) is 0 Å². The van der Waals surface area contributed by atoms with Crippen LogP contribution in [0.3, 0.4) is 0 Å². The van der Waals surface area contributed by atoms with Crippen LogP contribution < -0.4 is 5.32 Å². The molecule has 6 heteroatoms. The lowest BCUT2D eigenvalue weighted by molar-refractivity contribution is -0.141. The monoisotopic (exact) mass is 395 g/mol. The number of imide groups is 1. The van der Waals surface area contributed by atoms with Gasteiger partial charge in [0.2, 0.25) is 5.91 Å².